The summed E-state index contributed by atoms with van der Waals surface area (Å²) in [4.78, 5) is 12.1. The Morgan fingerprint density at radius 2 is 1.80 bits per heavy atom. The predicted octanol–water partition coefficient (Wildman–Crippen LogP) is 4.72. The zero-order valence-corrected chi connectivity index (χ0v) is 15.3. The highest BCUT2D eigenvalue weighted by atomic mass is 16.5. The quantitative estimate of drug-likeness (QED) is 0.636. The highest BCUT2D eigenvalue weighted by molar-refractivity contribution is 5.78. The van der Waals surface area contributed by atoms with Crippen LogP contribution in [-0.4, -0.2) is 19.1 Å². The number of carbonyl (C=O) groups is 1. The van der Waals surface area contributed by atoms with Crippen LogP contribution in [0.1, 0.15) is 50.2 Å². The number of unbranched alkanes of at least 4 members (excludes halogenated alkanes) is 1. The minimum absolute atomic E-state index is 0.0694. The molecule has 0 fully saturated rings. The van der Waals surface area contributed by atoms with Crippen LogP contribution in [0, 0.1) is 0 Å². The molecular weight excluding hydrogens is 310 g/mol. The van der Waals surface area contributed by atoms with Gasteiger partial charge in [-0.2, -0.15) is 0 Å². The first-order valence-corrected chi connectivity index (χ1v) is 9.22. The van der Waals surface area contributed by atoms with E-state index in [1.165, 1.54) is 5.56 Å². The Bertz CT molecular complexity index is 622. The third kappa shape index (κ3) is 7.00. The molecule has 0 saturated carbocycles. The molecule has 1 atom stereocenters. The van der Waals surface area contributed by atoms with Crippen LogP contribution in [0.5, 0.6) is 5.75 Å². The van der Waals surface area contributed by atoms with E-state index in [-0.39, 0.29) is 5.91 Å². The molecule has 2 aromatic rings. The maximum Gasteiger partial charge on any atom is 0.224 e. The summed E-state index contributed by atoms with van der Waals surface area (Å²) < 4.78 is 5.64. The van der Waals surface area contributed by atoms with E-state index in [0.29, 0.717) is 18.9 Å². The summed E-state index contributed by atoms with van der Waals surface area (Å²) >= 11 is 0. The van der Waals surface area contributed by atoms with Gasteiger partial charge in [0, 0.05) is 6.54 Å². The fourth-order valence-corrected chi connectivity index (χ4v) is 2.66. The monoisotopic (exact) mass is 339 g/mol. The lowest BCUT2D eigenvalue weighted by molar-refractivity contribution is -0.120. The molecule has 3 nitrogen and oxygen atoms in total. The first-order valence-electron chi connectivity index (χ1n) is 9.22. The molecule has 0 spiro atoms. The molecule has 25 heavy (non-hydrogen) atoms. The zero-order valence-electron chi connectivity index (χ0n) is 15.3. The Kier molecular flexibility index (Phi) is 8.03. The number of rotatable bonds is 10. The summed E-state index contributed by atoms with van der Waals surface area (Å²) in [5, 5.41) is 3.02. The second-order valence-electron chi connectivity index (χ2n) is 6.47. The summed E-state index contributed by atoms with van der Waals surface area (Å²) in [5.74, 6) is 1.38. The molecule has 0 aromatic heterocycles. The highest BCUT2D eigenvalue weighted by Gasteiger charge is 2.07. The average Bonchev–Trinajstić information content (AvgIpc) is 2.64. The van der Waals surface area contributed by atoms with Crippen LogP contribution in [0.3, 0.4) is 0 Å². The van der Waals surface area contributed by atoms with Gasteiger partial charge < -0.3 is 10.1 Å². The van der Waals surface area contributed by atoms with E-state index in [4.69, 9.17) is 4.74 Å². The fraction of sp³-hybridized carbons (Fsp3) is 0.409. The molecule has 0 saturated heterocycles. The predicted molar refractivity (Wildman–Crippen MR) is 103 cm³/mol. The number of hydrogen-bond acceptors (Lipinski definition) is 2. The van der Waals surface area contributed by atoms with Gasteiger partial charge in [-0.05, 0) is 42.0 Å². The minimum atomic E-state index is 0.0694. The summed E-state index contributed by atoms with van der Waals surface area (Å²) in [5.41, 5.74) is 2.33. The first kappa shape index (κ1) is 19.0. The van der Waals surface area contributed by atoms with Gasteiger partial charge in [-0.1, -0.05) is 62.7 Å². The molecule has 1 unspecified atom stereocenters. The van der Waals surface area contributed by atoms with Crippen LogP contribution < -0.4 is 10.1 Å². The summed E-state index contributed by atoms with van der Waals surface area (Å²) in [7, 11) is 0. The van der Waals surface area contributed by atoms with Crippen LogP contribution in [0.4, 0.5) is 0 Å². The van der Waals surface area contributed by atoms with E-state index in [1.54, 1.807) is 0 Å². The summed E-state index contributed by atoms with van der Waals surface area (Å²) in [6.45, 7) is 5.79. The number of carbonyl (C=O) groups excluding carboxylic acids is 1. The second-order valence-corrected chi connectivity index (χ2v) is 6.47. The largest absolute Gasteiger partial charge is 0.494 e. The van der Waals surface area contributed by atoms with Crippen molar-refractivity contribution in [2.75, 3.05) is 13.2 Å². The van der Waals surface area contributed by atoms with Crippen molar-refractivity contribution < 1.29 is 9.53 Å². The van der Waals surface area contributed by atoms with Crippen molar-refractivity contribution in [3.63, 3.8) is 0 Å². The molecule has 0 heterocycles. The number of amides is 1. The minimum Gasteiger partial charge on any atom is -0.494 e. The van der Waals surface area contributed by atoms with Crippen molar-refractivity contribution in [2.24, 2.45) is 0 Å². The molecule has 0 bridgehead atoms. The van der Waals surface area contributed by atoms with Gasteiger partial charge >= 0.3 is 0 Å². The summed E-state index contributed by atoms with van der Waals surface area (Å²) in [6, 6.07) is 18.2. The van der Waals surface area contributed by atoms with Crippen LogP contribution >= 0.6 is 0 Å². The lowest BCUT2D eigenvalue weighted by atomic mass is 9.98. The Morgan fingerprint density at radius 1 is 1.08 bits per heavy atom. The molecule has 0 radical (unpaired) electrons. The van der Waals surface area contributed by atoms with Gasteiger partial charge in [0.2, 0.25) is 5.91 Å². The van der Waals surface area contributed by atoms with E-state index in [9.17, 15) is 4.79 Å². The Morgan fingerprint density at radius 3 is 2.48 bits per heavy atom. The van der Waals surface area contributed by atoms with Crippen molar-refractivity contribution in [3.05, 3.63) is 65.7 Å². The number of nitrogens with one attached hydrogen (secondary N) is 1. The van der Waals surface area contributed by atoms with Gasteiger partial charge in [0.25, 0.3) is 0 Å². The molecule has 0 aliphatic heterocycles. The van der Waals surface area contributed by atoms with E-state index >= 15 is 0 Å². The second kappa shape index (κ2) is 10.5. The Hall–Kier alpha value is -2.29. The number of benzene rings is 2. The molecule has 2 aromatic carbocycles. The number of ether oxygens (including phenoxy) is 1. The van der Waals surface area contributed by atoms with Crippen molar-refractivity contribution in [1.29, 1.82) is 0 Å². The molecule has 3 heteroatoms. The van der Waals surface area contributed by atoms with Crippen LogP contribution in [0.25, 0.3) is 0 Å². The van der Waals surface area contributed by atoms with Crippen LogP contribution in [0.2, 0.25) is 0 Å². The van der Waals surface area contributed by atoms with Crippen molar-refractivity contribution >= 4 is 5.91 Å². The van der Waals surface area contributed by atoms with Gasteiger partial charge in [0.15, 0.2) is 0 Å². The summed E-state index contributed by atoms with van der Waals surface area (Å²) in [6.07, 6.45) is 3.54. The lowest BCUT2D eigenvalue weighted by Crippen LogP contribution is -2.26. The van der Waals surface area contributed by atoms with E-state index < -0.39 is 0 Å². The smallest absolute Gasteiger partial charge is 0.224 e. The molecular formula is C22H29NO2. The molecule has 134 valence electrons. The van der Waals surface area contributed by atoms with Crippen molar-refractivity contribution in [2.45, 2.75) is 45.4 Å². The van der Waals surface area contributed by atoms with Gasteiger partial charge in [-0.15, -0.1) is 0 Å². The van der Waals surface area contributed by atoms with Crippen LogP contribution in [0.15, 0.2) is 54.6 Å². The third-order valence-electron chi connectivity index (χ3n) is 4.32. The topological polar surface area (TPSA) is 38.3 Å². The average molecular weight is 339 g/mol. The van der Waals surface area contributed by atoms with Gasteiger partial charge in [-0.3, -0.25) is 4.79 Å². The van der Waals surface area contributed by atoms with Crippen molar-refractivity contribution in [3.8, 4) is 5.75 Å². The standard InChI is InChI=1S/C22H29NO2/c1-3-4-16-25-21-12-10-19(11-13-21)17-22(24)23-15-14-18(2)20-8-6-5-7-9-20/h5-13,18H,3-4,14-17H2,1-2H3,(H,23,24). The Labute approximate surface area is 151 Å². The molecule has 1 N–H and O–H groups in total. The van der Waals surface area contributed by atoms with E-state index in [2.05, 4.69) is 43.4 Å². The maximum atomic E-state index is 12.1. The normalized spacial score (nSPS) is 11.8. The van der Waals surface area contributed by atoms with Gasteiger partial charge in [-0.25, -0.2) is 0 Å². The maximum absolute atomic E-state index is 12.1. The highest BCUT2D eigenvalue weighted by Crippen LogP contribution is 2.17. The lowest BCUT2D eigenvalue weighted by Gasteiger charge is -2.12. The Balaban J connectivity index is 1.69. The van der Waals surface area contributed by atoms with E-state index in [1.807, 2.05) is 30.3 Å². The molecule has 0 aliphatic rings. The SMILES string of the molecule is CCCCOc1ccc(CC(=O)NCCC(C)c2ccccc2)cc1. The fourth-order valence-electron chi connectivity index (χ4n) is 2.66. The molecule has 2 rings (SSSR count). The molecule has 1 amide bonds. The van der Waals surface area contributed by atoms with Gasteiger partial charge in [0.05, 0.1) is 13.0 Å². The zero-order chi connectivity index (χ0) is 17.9. The van der Waals surface area contributed by atoms with E-state index in [0.717, 1.165) is 37.2 Å². The number of hydrogen-bond donors (Lipinski definition) is 1. The van der Waals surface area contributed by atoms with Gasteiger partial charge in [0.1, 0.15) is 5.75 Å². The first-order chi connectivity index (χ1) is 12.2. The molecule has 0 aliphatic carbocycles. The third-order valence-corrected chi connectivity index (χ3v) is 4.32. The van der Waals surface area contributed by atoms with Crippen molar-refractivity contribution in [1.82, 2.24) is 5.32 Å². The van der Waals surface area contributed by atoms with Crippen LogP contribution in [-0.2, 0) is 11.2 Å².